The van der Waals surface area contributed by atoms with Crippen LogP contribution in [0.3, 0.4) is 0 Å². The third-order valence-electron chi connectivity index (χ3n) is 7.03. The van der Waals surface area contributed by atoms with Crippen molar-refractivity contribution < 1.29 is 65.0 Å². The normalized spacial score (nSPS) is 31.4. The Morgan fingerprint density at radius 1 is 0.667 bits per heavy atom. The molecule has 8 atom stereocenters. The molecule has 1 aromatic heterocycles. The van der Waals surface area contributed by atoms with E-state index in [9.17, 15) is 55.9 Å². The first-order valence-electron chi connectivity index (χ1n) is 11.8. The van der Waals surface area contributed by atoms with E-state index in [4.69, 9.17) is 13.9 Å². The molecule has 0 radical (unpaired) electrons. The van der Waals surface area contributed by atoms with Crippen LogP contribution in [0.5, 0.6) is 23.0 Å². The molecule has 14 nitrogen and oxygen atoms in total. The molecule has 0 aliphatic carbocycles. The Morgan fingerprint density at radius 3 is 1.79 bits per heavy atom. The number of aliphatic hydroxyl groups is 6. The van der Waals surface area contributed by atoms with Gasteiger partial charge < -0.3 is 65.0 Å². The average molecular weight is 550 g/mol. The van der Waals surface area contributed by atoms with Crippen LogP contribution in [-0.4, -0.2) is 101 Å². The smallest absolute Gasteiger partial charge is 0.197 e. The maximum atomic E-state index is 13.3. The van der Waals surface area contributed by atoms with Crippen LogP contribution in [0.15, 0.2) is 33.5 Å². The van der Waals surface area contributed by atoms with Gasteiger partial charge in [-0.05, 0) is 18.2 Å². The van der Waals surface area contributed by atoms with Crippen LogP contribution in [0.2, 0.25) is 0 Å². The highest BCUT2D eigenvalue weighted by atomic mass is 16.5. The molecule has 14 heteroatoms. The zero-order valence-electron chi connectivity index (χ0n) is 19.9. The van der Waals surface area contributed by atoms with Crippen molar-refractivity contribution in [2.75, 3.05) is 13.2 Å². The van der Waals surface area contributed by atoms with Crippen LogP contribution in [0.1, 0.15) is 23.3 Å². The Hall–Kier alpha value is -3.47. The predicted molar refractivity (Wildman–Crippen MR) is 128 cm³/mol. The Labute approximate surface area is 218 Å². The molecule has 210 valence electrons. The lowest BCUT2D eigenvalue weighted by Crippen LogP contribution is -2.49. The van der Waals surface area contributed by atoms with Crippen molar-refractivity contribution in [2.45, 2.75) is 48.8 Å². The number of ether oxygens (including phenoxy) is 2. The summed E-state index contributed by atoms with van der Waals surface area (Å²) >= 11 is 0. The van der Waals surface area contributed by atoms with Crippen molar-refractivity contribution in [2.24, 2.45) is 0 Å². The van der Waals surface area contributed by atoms with E-state index in [0.717, 1.165) is 18.2 Å². The highest BCUT2D eigenvalue weighted by molar-refractivity contribution is 5.92. The lowest BCUT2D eigenvalue weighted by Gasteiger charge is -2.38. The number of phenols is 4. The van der Waals surface area contributed by atoms with Gasteiger partial charge in [0.05, 0.1) is 24.3 Å². The third-order valence-corrected chi connectivity index (χ3v) is 7.03. The molecule has 3 heterocycles. The van der Waals surface area contributed by atoms with Gasteiger partial charge in [0.1, 0.15) is 71.5 Å². The summed E-state index contributed by atoms with van der Waals surface area (Å²) in [6.45, 7) is -1.02. The summed E-state index contributed by atoms with van der Waals surface area (Å²) in [6, 6.07) is 4.45. The second kappa shape index (κ2) is 9.93. The first kappa shape index (κ1) is 27.1. The topological polar surface area (TPSA) is 251 Å². The molecule has 8 unspecified atom stereocenters. The summed E-state index contributed by atoms with van der Waals surface area (Å²) in [5.41, 5.74) is -2.36. The fourth-order valence-corrected chi connectivity index (χ4v) is 4.88. The number of hydrogen-bond donors (Lipinski definition) is 10. The van der Waals surface area contributed by atoms with Crippen LogP contribution in [-0.2, 0) is 9.47 Å². The Morgan fingerprint density at radius 2 is 1.23 bits per heavy atom. The fourth-order valence-electron chi connectivity index (χ4n) is 4.88. The largest absolute Gasteiger partial charge is 0.507 e. The lowest BCUT2D eigenvalue weighted by molar-refractivity contribution is -0.191. The van der Waals surface area contributed by atoms with Gasteiger partial charge >= 0.3 is 0 Å². The van der Waals surface area contributed by atoms with Crippen LogP contribution in [0.25, 0.3) is 22.3 Å². The monoisotopic (exact) mass is 550 g/mol. The standard InChI is InChI=1S/C25H26O14/c26-8-2-1-7(3-9(8)27)13-4-10(28)14-19(33)15(24-21(35)17(31)11(29)5-37-24)20(34)16(23(14)39-13)25-22(36)18(32)12(30)6-38-25/h1-4,11-12,17-18,21-22,24-27,29-36H,5-6H2. The molecule has 39 heavy (non-hydrogen) atoms. The number of fused-ring (bicyclic) bond motifs is 1. The first-order valence-corrected chi connectivity index (χ1v) is 11.8. The van der Waals surface area contributed by atoms with Crippen molar-refractivity contribution in [1.29, 1.82) is 0 Å². The van der Waals surface area contributed by atoms with Crippen LogP contribution in [0, 0.1) is 0 Å². The summed E-state index contributed by atoms with van der Waals surface area (Å²) in [7, 11) is 0. The molecule has 0 saturated carbocycles. The van der Waals surface area contributed by atoms with Crippen LogP contribution < -0.4 is 5.43 Å². The van der Waals surface area contributed by atoms with Gasteiger partial charge in [0.15, 0.2) is 22.5 Å². The maximum Gasteiger partial charge on any atom is 0.197 e. The molecule has 10 N–H and O–H groups in total. The van der Waals surface area contributed by atoms with Gasteiger partial charge in [0.25, 0.3) is 0 Å². The van der Waals surface area contributed by atoms with Gasteiger partial charge in [-0.25, -0.2) is 0 Å². The molecular formula is C25H26O14. The van der Waals surface area contributed by atoms with Crippen molar-refractivity contribution in [3.8, 4) is 34.3 Å². The van der Waals surface area contributed by atoms with Gasteiger partial charge in [-0.1, -0.05) is 0 Å². The molecule has 5 rings (SSSR count). The number of rotatable bonds is 3. The quantitative estimate of drug-likeness (QED) is 0.168. The molecule has 2 aliphatic heterocycles. The molecule has 2 fully saturated rings. The van der Waals surface area contributed by atoms with E-state index in [1.165, 1.54) is 6.07 Å². The van der Waals surface area contributed by atoms with Gasteiger partial charge in [-0.3, -0.25) is 4.79 Å². The van der Waals surface area contributed by atoms with Gasteiger partial charge in [0.2, 0.25) is 0 Å². The van der Waals surface area contributed by atoms with Crippen molar-refractivity contribution >= 4 is 11.0 Å². The average Bonchev–Trinajstić information content (AvgIpc) is 2.89. The van der Waals surface area contributed by atoms with Crippen LogP contribution in [0.4, 0.5) is 0 Å². The Kier molecular flexibility index (Phi) is 6.90. The molecule has 0 bridgehead atoms. The van der Waals surface area contributed by atoms with Gasteiger partial charge in [-0.2, -0.15) is 0 Å². The molecular weight excluding hydrogens is 524 g/mol. The van der Waals surface area contributed by atoms with Crippen molar-refractivity contribution in [3.05, 3.63) is 45.6 Å². The van der Waals surface area contributed by atoms with E-state index in [-0.39, 0.29) is 11.3 Å². The number of phenolic OH excluding ortho intramolecular Hbond substituents is 4. The SMILES string of the molecule is O=c1cc(-c2ccc(O)c(O)c2)oc2c(C3OCC(O)C(O)C3O)c(O)c(C3OCC(O)C(O)C3O)c(O)c12. The van der Waals surface area contributed by atoms with E-state index in [1.807, 2.05) is 0 Å². The molecule has 2 aliphatic rings. The predicted octanol–water partition coefficient (Wildman–Crippen LogP) is -1.41. The molecule has 2 saturated heterocycles. The second-order valence-corrected chi connectivity index (χ2v) is 9.51. The van der Waals surface area contributed by atoms with E-state index in [2.05, 4.69) is 0 Å². The summed E-state index contributed by atoms with van der Waals surface area (Å²) in [5.74, 6) is -2.99. The Bertz CT molecular complexity index is 1470. The minimum Gasteiger partial charge on any atom is -0.507 e. The number of aromatic hydroxyl groups is 4. The third kappa shape index (κ3) is 4.36. The number of hydrogen-bond acceptors (Lipinski definition) is 14. The minimum absolute atomic E-state index is 0.0991. The summed E-state index contributed by atoms with van der Waals surface area (Å²) in [6.07, 6.45) is -13.6. The molecule has 0 spiro atoms. The van der Waals surface area contributed by atoms with Gasteiger partial charge in [0, 0.05) is 11.6 Å². The summed E-state index contributed by atoms with van der Waals surface area (Å²) in [4.78, 5) is 13.3. The minimum atomic E-state index is -1.88. The highest BCUT2D eigenvalue weighted by Gasteiger charge is 2.46. The van der Waals surface area contributed by atoms with Crippen molar-refractivity contribution in [3.63, 3.8) is 0 Å². The zero-order valence-corrected chi connectivity index (χ0v) is 19.9. The van der Waals surface area contributed by atoms with E-state index in [0.29, 0.717) is 0 Å². The lowest BCUT2D eigenvalue weighted by atomic mass is 9.87. The first-order chi connectivity index (χ1) is 18.4. The summed E-state index contributed by atoms with van der Waals surface area (Å²) < 4.78 is 16.7. The maximum absolute atomic E-state index is 13.3. The van der Waals surface area contributed by atoms with E-state index >= 15 is 0 Å². The summed E-state index contributed by atoms with van der Waals surface area (Å²) in [5, 5.41) is 103. The zero-order chi connectivity index (χ0) is 28.3. The molecule has 0 amide bonds. The molecule has 2 aromatic carbocycles. The van der Waals surface area contributed by atoms with Gasteiger partial charge in [-0.15, -0.1) is 0 Å². The van der Waals surface area contributed by atoms with Crippen LogP contribution >= 0.6 is 0 Å². The number of benzene rings is 2. The van der Waals surface area contributed by atoms with Crippen molar-refractivity contribution in [1.82, 2.24) is 0 Å². The molecule has 3 aromatic rings. The van der Waals surface area contributed by atoms with E-state index < -0.39 is 113 Å². The second-order valence-electron chi connectivity index (χ2n) is 9.51. The number of aliphatic hydroxyl groups excluding tert-OH is 6. The fraction of sp³-hybridized carbons (Fsp3) is 0.400. The Balaban J connectivity index is 1.80. The van der Waals surface area contributed by atoms with E-state index in [1.54, 1.807) is 0 Å². The highest BCUT2D eigenvalue weighted by Crippen LogP contribution is 2.50.